The maximum atomic E-state index is 13.1. The molecule has 3 aromatic rings. The van der Waals surface area contributed by atoms with Crippen LogP contribution < -0.4 is 9.80 Å². The molecule has 0 saturated carbocycles. The van der Waals surface area contributed by atoms with Gasteiger partial charge in [-0.1, -0.05) is 30.0 Å². The van der Waals surface area contributed by atoms with Crippen LogP contribution in [-0.2, 0) is 17.8 Å². The summed E-state index contributed by atoms with van der Waals surface area (Å²) in [6.07, 6.45) is 6.18. The first-order chi connectivity index (χ1) is 15.2. The van der Waals surface area contributed by atoms with E-state index in [9.17, 15) is 4.79 Å². The molecule has 31 heavy (non-hydrogen) atoms. The normalized spacial score (nSPS) is 18.4. The van der Waals surface area contributed by atoms with Gasteiger partial charge in [-0.2, -0.15) is 0 Å². The molecular formula is C23H27N5O2S. The lowest BCUT2D eigenvalue weighted by Crippen LogP contribution is -2.37. The Hall–Kier alpha value is -2.74. The number of aromatic nitrogens is 3. The number of furan rings is 1. The van der Waals surface area contributed by atoms with Crippen molar-refractivity contribution < 1.29 is 9.21 Å². The quantitative estimate of drug-likeness (QED) is 0.544. The second kappa shape index (κ2) is 8.78. The van der Waals surface area contributed by atoms with E-state index in [1.807, 2.05) is 35.2 Å². The molecule has 1 saturated heterocycles. The molecular weight excluding hydrogens is 410 g/mol. The molecule has 0 bridgehead atoms. The van der Waals surface area contributed by atoms with Crippen LogP contribution in [0.3, 0.4) is 0 Å². The Morgan fingerprint density at radius 1 is 1.13 bits per heavy atom. The number of piperidine rings is 1. The van der Waals surface area contributed by atoms with E-state index in [-0.39, 0.29) is 11.9 Å². The number of thioether (sulfide) groups is 1. The van der Waals surface area contributed by atoms with Gasteiger partial charge in [-0.05, 0) is 56.4 Å². The van der Waals surface area contributed by atoms with Crippen LogP contribution in [0.25, 0.3) is 0 Å². The Morgan fingerprint density at radius 2 is 1.97 bits per heavy atom. The molecule has 0 spiro atoms. The fraction of sp³-hybridized carbons (Fsp3) is 0.435. The Balaban J connectivity index is 1.35. The summed E-state index contributed by atoms with van der Waals surface area (Å²) in [5.41, 5.74) is 2.27. The summed E-state index contributed by atoms with van der Waals surface area (Å²) in [7, 11) is 0. The van der Waals surface area contributed by atoms with Gasteiger partial charge < -0.3 is 14.2 Å². The summed E-state index contributed by atoms with van der Waals surface area (Å²) in [6, 6.07) is 12.2. The molecule has 2 aliphatic heterocycles. The second-order valence-electron chi connectivity index (χ2n) is 8.23. The molecule has 162 valence electrons. The van der Waals surface area contributed by atoms with Gasteiger partial charge in [0.2, 0.25) is 11.9 Å². The van der Waals surface area contributed by atoms with Crippen molar-refractivity contribution in [3.05, 3.63) is 54.0 Å². The third kappa shape index (κ3) is 4.08. The number of para-hydroxylation sites is 1. The van der Waals surface area contributed by atoms with Crippen LogP contribution in [0.4, 0.5) is 11.6 Å². The fourth-order valence-corrected chi connectivity index (χ4v) is 5.35. The minimum atomic E-state index is 0.106. The molecule has 4 heterocycles. The van der Waals surface area contributed by atoms with Gasteiger partial charge in [0, 0.05) is 24.8 Å². The van der Waals surface area contributed by atoms with E-state index >= 15 is 0 Å². The van der Waals surface area contributed by atoms with Crippen molar-refractivity contribution in [1.82, 2.24) is 14.8 Å². The zero-order valence-corrected chi connectivity index (χ0v) is 18.6. The number of hydrogen-bond donors (Lipinski definition) is 0. The molecule has 2 aromatic heterocycles. The molecule has 1 atom stereocenters. The van der Waals surface area contributed by atoms with Crippen molar-refractivity contribution in [3.63, 3.8) is 0 Å². The van der Waals surface area contributed by atoms with Gasteiger partial charge in [0.05, 0.1) is 18.6 Å². The molecule has 0 radical (unpaired) electrons. The Labute approximate surface area is 186 Å². The largest absolute Gasteiger partial charge is 0.467 e. The van der Waals surface area contributed by atoms with E-state index in [1.54, 1.807) is 6.26 Å². The molecule has 1 fully saturated rings. The van der Waals surface area contributed by atoms with E-state index in [0.29, 0.717) is 12.3 Å². The first kappa shape index (κ1) is 20.2. The van der Waals surface area contributed by atoms with Crippen LogP contribution in [0.2, 0.25) is 0 Å². The first-order valence-corrected chi connectivity index (χ1v) is 11.9. The minimum absolute atomic E-state index is 0.106. The first-order valence-electron chi connectivity index (χ1n) is 10.9. The smallest absolute Gasteiger partial charge is 0.237 e. The van der Waals surface area contributed by atoms with Gasteiger partial charge in [-0.25, -0.2) is 0 Å². The van der Waals surface area contributed by atoms with Crippen molar-refractivity contribution in [3.8, 4) is 0 Å². The predicted molar refractivity (Wildman–Crippen MR) is 122 cm³/mol. The highest BCUT2D eigenvalue weighted by molar-refractivity contribution is 7.99. The van der Waals surface area contributed by atoms with Crippen LogP contribution >= 0.6 is 11.8 Å². The monoisotopic (exact) mass is 437 g/mol. The number of anilines is 2. The molecule has 5 rings (SSSR count). The van der Waals surface area contributed by atoms with Crippen LogP contribution in [0.1, 0.15) is 37.5 Å². The number of carbonyl (C=O) groups excluding carboxylic acids is 1. The third-order valence-corrected chi connectivity index (χ3v) is 6.98. The molecule has 1 unspecified atom stereocenters. The number of amides is 1. The van der Waals surface area contributed by atoms with Gasteiger partial charge in [-0.15, -0.1) is 10.2 Å². The summed E-state index contributed by atoms with van der Waals surface area (Å²) in [5.74, 6) is 2.16. The SMILES string of the molecule is CC1Cc2ccccc2N1C(=O)CSc1nnc(N2CCCCC2)n1Cc1ccco1. The van der Waals surface area contributed by atoms with Crippen LogP contribution in [-0.4, -0.2) is 45.6 Å². The molecule has 7 nitrogen and oxygen atoms in total. The molecule has 0 N–H and O–H groups in total. The summed E-state index contributed by atoms with van der Waals surface area (Å²) in [6.45, 7) is 4.64. The van der Waals surface area contributed by atoms with Gasteiger partial charge in [-0.3, -0.25) is 9.36 Å². The molecule has 2 aliphatic rings. The number of fused-ring (bicyclic) bond motifs is 1. The average molecular weight is 438 g/mol. The second-order valence-corrected chi connectivity index (χ2v) is 9.17. The van der Waals surface area contributed by atoms with Crippen molar-refractivity contribution in [2.75, 3.05) is 28.6 Å². The van der Waals surface area contributed by atoms with E-state index in [2.05, 4.69) is 32.7 Å². The lowest BCUT2D eigenvalue weighted by atomic mass is 10.1. The number of nitrogens with zero attached hydrogens (tertiary/aromatic N) is 5. The Morgan fingerprint density at radius 3 is 2.77 bits per heavy atom. The van der Waals surface area contributed by atoms with Crippen molar-refractivity contribution in [1.29, 1.82) is 0 Å². The third-order valence-electron chi connectivity index (χ3n) is 6.03. The summed E-state index contributed by atoms with van der Waals surface area (Å²) < 4.78 is 7.67. The van der Waals surface area contributed by atoms with Gasteiger partial charge in [0.15, 0.2) is 5.16 Å². The van der Waals surface area contributed by atoms with E-state index in [1.165, 1.54) is 36.6 Å². The Bertz CT molecular complexity index is 1040. The van der Waals surface area contributed by atoms with Crippen LogP contribution in [0, 0.1) is 0 Å². The van der Waals surface area contributed by atoms with E-state index in [0.717, 1.165) is 42.1 Å². The molecule has 1 aromatic carbocycles. The van der Waals surface area contributed by atoms with Gasteiger partial charge in [0.25, 0.3) is 0 Å². The topological polar surface area (TPSA) is 67.4 Å². The molecule has 0 aliphatic carbocycles. The zero-order valence-electron chi connectivity index (χ0n) is 17.7. The summed E-state index contributed by atoms with van der Waals surface area (Å²) in [5, 5.41) is 9.71. The minimum Gasteiger partial charge on any atom is -0.467 e. The number of carbonyl (C=O) groups is 1. The average Bonchev–Trinajstić information content (AvgIpc) is 3.51. The number of rotatable bonds is 6. The maximum Gasteiger partial charge on any atom is 0.237 e. The van der Waals surface area contributed by atoms with Crippen molar-refractivity contribution in [2.24, 2.45) is 0 Å². The highest BCUT2D eigenvalue weighted by Gasteiger charge is 2.31. The van der Waals surface area contributed by atoms with Crippen molar-refractivity contribution in [2.45, 2.75) is 50.4 Å². The van der Waals surface area contributed by atoms with E-state index in [4.69, 9.17) is 4.42 Å². The fourth-order valence-electron chi connectivity index (χ4n) is 4.55. The molecule has 8 heteroatoms. The highest BCUT2D eigenvalue weighted by Crippen LogP contribution is 2.33. The maximum absolute atomic E-state index is 13.1. The van der Waals surface area contributed by atoms with Gasteiger partial charge >= 0.3 is 0 Å². The van der Waals surface area contributed by atoms with Crippen LogP contribution in [0.15, 0.2) is 52.2 Å². The predicted octanol–water partition coefficient (Wildman–Crippen LogP) is 3.98. The Kier molecular flexibility index (Phi) is 5.72. The lowest BCUT2D eigenvalue weighted by Gasteiger charge is -2.27. The van der Waals surface area contributed by atoms with Crippen molar-refractivity contribution >= 4 is 29.3 Å². The molecule has 1 amide bonds. The summed E-state index contributed by atoms with van der Waals surface area (Å²) in [4.78, 5) is 17.4. The zero-order chi connectivity index (χ0) is 21.2. The number of hydrogen-bond acceptors (Lipinski definition) is 6. The van der Waals surface area contributed by atoms with E-state index < -0.39 is 0 Å². The number of benzene rings is 1. The standard InChI is InChI=1S/C23H27N5O2S/c1-17-14-18-8-3-4-10-20(18)28(17)21(29)16-31-23-25-24-22(26-11-5-2-6-12-26)27(23)15-19-9-7-13-30-19/h3-4,7-10,13,17H,2,5-6,11-12,14-16H2,1H3. The van der Waals surface area contributed by atoms with Gasteiger partial charge in [0.1, 0.15) is 5.76 Å². The lowest BCUT2D eigenvalue weighted by molar-refractivity contribution is -0.116. The summed E-state index contributed by atoms with van der Waals surface area (Å²) >= 11 is 1.46. The highest BCUT2D eigenvalue weighted by atomic mass is 32.2. The van der Waals surface area contributed by atoms with Crippen LogP contribution in [0.5, 0.6) is 0 Å².